The van der Waals surface area contributed by atoms with Crippen molar-refractivity contribution in [1.29, 1.82) is 0 Å². The van der Waals surface area contributed by atoms with Gasteiger partial charge in [-0.2, -0.15) is 0 Å². The summed E-state index contributed by atoms with van der Waals surface area (Å²) in [6.45, 7) is 2.32. The van der Waals surface area contributed by atoms with E-state index in [1.54, 1.807) is 6.20 Å². The summed E-state index contributed by atoms with van der Waals surface area (Å²) < 4.78 is 2.21. The molecule has 0 bridgehead atoms. The highest BCUT2D eigenvalue weighted by Gasteiger charge is 2.25. The van der Waals surface area contributed by atoms with Gasteiger partial charge in [-0.3, -0.25) is 4.98 Å². The Bertz CT molecular complexity index is 531. The van der Waals surface area contributed by atoms with Crippen molar-refractivity contribution in [3.05, 3.63) is 18.5 Å². The number of nitrogens with two attached hydrogens (primary N) is 1. The van der Waals surface area contributed by atoms with E-state index >= 15 is 0 Å². The summed E-state index contributed by atoms with van der Waals surface area (Å²) in [6.07, 6.45) is 8.72. The van der Waals surface area contributed by atoms with E-state index in [0.717, 1.165) is 11.0 Å². The molecule has 2 atom stereocenters. The van der Waals surface area contributed by atoms with Gasteiger partial charge in [0.25, 0.3) is 0 Å². The zero-order valence-electron chi connectivity index (χ0n) is 10.1. The van der Waals surface area contributed by atoms with E-state index in [1.165, 1.54) is 25.7 Å². The van der Waals surface area contributed by atoms with Crippen molar-refractivity contribution in [3.63, 3.8) is 0 Å². The Kier molecular flexibility index (Phi) is 2.50. The lowest BCUT2D eigenvalue weighted by atomic mass is 9.85. The predicted octanol–water partition coefficient (Wildman–Crippen LogP) is 2.76. The van der Waals surface area contributed by atoms with E-state index in [9.17, 15) is 0 Å². The third-order valence-corrected chi connectivity index (χ3v) is 3.92. The molecular formula is C13H18N4. The Hall–Kier alpha value is -1.58. The third-order valence-electron chi connectivity index (χ3n) is 3.92. The maximum atomic E-state index is 6.07. The standard InChI is InChI=1S/C13H18N4/c1-9-4-2-3-5-11(9)17-12-6-7-15-8-10(12)16-13(17)14/h6-9,11H,2-5H2,1H3,(H2,14,16). The number of nitrogens with zero attached hydrogens (tertiary/aromatic N) is 3. The lowest BCUT2D eigenvalue weighted by molar-refractivity contribution is 0.264. The van der Waals surface area contributed by atoms with Crippen LogP contribution in [0, 0.1) is 5.92 Å². The summed E-state index contributed by atoms with van der Waals surface area (Å²) in [5.74, 6) is 1.31. The van der Waals surface area contributed by atoms with Crippen LogP contribution in [0.3, 0.4) is 0 Å². The maximum absolute atomic E-state index is 6.07. The molecule has 1 aliphatic carbocycles. The lowest BCUT2D eigenvalue weighted by Gasteiger charge is -2.30. The van der Waals surface area contributed by atoms with Crippen LogP contribution in [0.25, 0.3) is 11.0 Å². The molecule has 3 rings (SSSR count). The highest BCUT2D eigenvalue weighted by molar-refractivity contribution is 5.77. The minimum absolute atomic E-state index is 0.496. The lowest BCUT2D eigenvalue weighted by Crippen LogP contribution is -2.22. The fourth-order valence-electron chi connectivity index (χ4n) is 3.00. The summed E-state index contributed by atoms with van der Waals surface area (Å²) in [5, 5.41) is 0. The number of hydrogen-bond donors (Lipinski definition) is 1. The summed E-state index contributed by atoms with van der Waals surface area (Å²) in [6, 6.07) is 2.51. The van der Waals surface area contributed by atoms with Crippen LogP contribution in [-0.2, 0) is 0 Å². The van der Waals surface area contributed by atoms with Gasteiger partial charge in [-0.05, 0) is 24.8 Å². The highest BCUT2D eigenvalue weighted by Crippen LogP contribution is 2.37. The van der Waals surface area contributed by atoms with E-state index < -0.39 is 0 Å². The molecule has 90 valence electrons. The van der Waals surface area contributed by atoms with Crippen molar-refractivity contribution < 1.29 is 0 Å². The molecule has 0 radical (unpaired) electrons. The molecule has 2 aromatic heterocycles. The fraction of sp³-hybridized carbons (Fsp3) is 0.538. The summed E-state index contributed by atoms with van der Waals surface area (Å²) >= 11 is 0. The molecule has 1 fully saturated rings. The fourth-order valence-corrected chi connectivity index (χ4v) is 3.00. The van der Waals surface area contributed by atoms with Crippen LogP contribution in [0.1, 0.15) is 38.6 Å². The first-order chi connectivity index (χ1) is 8.27. The molecule has 0 aliphatic heterocycles. The largest absolute Gasteiger partial charge is 0.369 e. The number of pyridine rings is 1. The van der Waals surface area contributed by atoms with Crippen LogP contribution in [0.5, 0.6) is 0 Å². The molecule has 1 saturated carbocycles. The molecule has 0 spiro atoms. The van der Waals surface area contributed by atoms with Gasteiger partial charge in [0.2, 0.25) is 5.95 Å². The molecule has 2 N–H and O–H groups in total. The summed E-state index contributed by atoms with van der Waals surface area (Å²) in [7, 11) is 0. The summed E-state index contributed by atoms with van der Waals surface area (Å²) in [4.78, 5) is 8.50. The van der Waals surface area contributed by atoms with Crippen LogP contribution in [0.2, 0.25) is 0 Å². The van der Waals surface area contributed by atoms with Gasteiger partial charge in [-0.25, -0.2) is 4.98 Å². The van der Waals surface area contributed by atoms with Gasteiger partial charge < -0.3 is 10.3 Å². The Morgan fingerprint density at radius 3 is 3.00 bits per heavy atom. The van der Waals surface area contributed by atoms with Crippen LogP contribution >= 0.6 is 0 Å². The molecule has 4 heteroatoms. The Morgan fingerprint density at radius 1 is 1.35 bits per heavy atom. The van der Waals surface area contributed by atoms with Crippen LogP contribution in [0.15, 0.2) is 18.5 Å². The minimum atomic E-state index is 0.496. The second kappa shape index (κ2) is 4.02. The van der Waals surface area contributed by atoms with Crippen LogP contribution < -0.4 is 5.73 Å². The van der Waals surface area contributed by atoms with E-state index in [4.69, 9.17) is 5.73 Å². The molecule has 0 saturated heterocycles. The average molecular weight is 230 g/mol. The van der Waals surface area contributed by atoms with Gasteiger partial charge in [0.1, 0.15) is 5.52 Å². The topological polar surface area (TPSA) is 56.7 Å². The number of fused-ring (bicyclic) bond motifs is 1. The first-order valence-corrected chi connectivity index (χ1v) is 6.35. The minimum Gasteiger partial charge on any atom is -0.369 e. The van der Waals surface area contributed by atoms with Crippen molar-refractivity contribution >= 4 is 17.0 Å². The molecule has 0 amide bonds. The van der Waals surface area contributed by atoms with Crippen molar-refractivity contribution in [2.24, 2.45) is 5.92 Å². The van der Waals surface area contributed by atoms with Crippen molar-refractivity contribution in [3.8, 4) is 0 Å². The second-order valence-electron chi connectivity index (χ2n) is 5.03. The van der Waals surface area contributed by atoms with Gasteiger partial charge in [0, 0.05) is 12.2 Å². The number of aromatic nitrogens is 3. The SMILES string of the molecule is CC1CCCCC1n1c(N)nc2cnccc21. The number of anilines is 1. The smallest absolute Gasteiger partial charge is 0.201 e. The number of nitrogen functional groups attached to an aromatic ring is 1. The van der Waals surface area contributed by atoms with Gasteiger partial charge in [-0.1, -0.05) is 19.8 Å². The number of rotatable bonds is 1. The molecule has 1 aliphatic rings. The molecular weight excluding hydrogens is 212 g/mol. The Morgan fingerprint density at radius 2 is 2.18 bits per heavy atom. The Balaban J connectivity index is 2.12. The third kappa shape index (κ3) is 1.68. The molecule has 4 nitrogen and oxygen atoms in total. The average Bonchev–Trinajstić information content (AvgIpc) is 2.66. The van der Waals surface area contributed by atoms with Crippen LogP contribution in [0.4, 0.5) is 5.95 Å². The van der Waals surface area contributed by atoms with Crippen molar-refractivity contribution in [2.45, 2.75) is 38.6 Å². The summed E-state index contributed by atoms with van der Waals surface area (Å²) in [5.41, 5.74) is 8.10. The quantitative estimate of drug-likeness (QED) is 0.819. The van der Waals surface area contributed by atoms with Crippen molar-refractivity contribution in [2.75, 3.05) is 5.73 Å². The zero-order valence-corrected chi connectivity index (χ0v) is 10.1. The molecule has 2 heterocycles. The monoisotopic (exact) mass is 230 g/mol. The number of hydrogen-bond acceptors (Lipinski definition) is 3. The van der Waals surface area contributed by atoms with Crippen LogP contribution in [-0.4, -0.2) is 14.5 Å². The van der Waals surface area contributed by atoms with Gasteiger partial charge >= 0.3 is 0 Å². The van der Waals surface area contributed by atoms with Crippen molar-refractivity contribution in [1.82, 2.24) is 14.5 Å². The molecule has 2 aromatic rings. The second-order valence-corrected chi connectivity index (χ2v) is 5.03. The maximum Gasteiger partial charge on any atom is 0.201 e. The van der Waals surface area contributed by atoms with Gasteiger partial charge in [-0.15, -0.1) is 0 Å². The Labute approximate surface area is 101 Å². The van der Waals surface area contributed by atoms with E-state index in [-0.39, 0.29) is 0 Å². The molecule has 2 unspecified atom stereocenters. The zero-order chi connectivity index (χ0) is 11.8. The predicted molar refractivity (Wildman–Crippen MR) is 68.6 cm³/mol. The first kappa shape index (κ1) is 10.6. The van der Waals surface area contributed by atoms with Gasteiger partial charge in [0.05, 0.1) is 11.7 Å². The van der Waals surface area contributed by atoms with E-state index in [2.05, 4.69) is 21.5 Å². The normalized spacial score (nSPS) is 25.2. The van der Waals surface area contributed by atoms with Gasteiger partial charge in [0.15, 0.2) is 0 Å². The van der Waals surface area contributed by atoms with E-state index in [1.807, 2.05) is 12.3 Å². The highest BCUT2D eigenvalue weighted by atomic mass is 15.2. The molecule has 17 heavy (non-hydrogen) atoms. The van der Waals surface area contributed by atoms with E-state index in [0.29, 0.717) is 17.9 Å². The number of imidazole rings is 1. The first-order valence-electron chi connectivity index (χ1n) is 6.35. The molecule has 0 aromatic carbocycles.